The van der Waals surface area contributed by atoms with E-state index in [1.54, 1.807) is 32.6 Å². The van der Waals surface area contributed by atoms with Crippen LogP contribution in [0.5, 0.6) is 0 Å². The number of aliphatic hydroxyl groups is 5. The van der Waals surface area contributed by atoms with Crippen molar-refractivity contribution in [2.45, 2.75) is 168 Å². The molecule has 14 nitrogen and oxygen atoms in total. The highest BCUT2D eigenvalue weighted by Crippen LogP contribution is 2.37. The van der Waals surface area contributed by atoms with Crippen LogP contribution in [-0.2, 0) is 19.0 Å². The van der Waals surface area contributed by atoms with E-state index in [1.165, 1.54) is 13.8 Å². The molecule has 2 saturated heterocycles. The van der Waals surface area contributed by atoms with Crippen molar-refractivity contribution in [1.82, 2.24) is 15.1 Å². The standard InChI is InChI=1S/C47H74N4O10/c1-11-38-47(10,58)41(54)34(8)51(24-16-23-50(22-15-21-48)45(56)49-33(7)36-20-14-18-35-17-12-13-19-37(35)36)27-28(2)26-46(9,57)42(31(5)40(53)32(6)43(55)60-38)61-44-39(52)29(3)25-30(4)59-44/h12-14,17-20,28-34,38-42,44,52-54,57-58H,11,15-16,22-27H2,1-10H3,(H,49,56)/t28-,29-,30+,31+,32-,33?,34-,38-,39+,40+,41-,42-,44-,46-,47-/m1/s1. The number of ether oxygens (including phenoxy) is 3. The fraction of sp³-hybridized carbons (Fsp3) is 0.723. The largest absolute Gasteiger partial charge is 0.459 e. The molecule has 61 heavy (non-hydrogen) atoms. The van der Waals surface area contributed by atoms with Crippen molar-refractivity contribution in [3.8, 4) is 6.07 Å². The van der Waals surface area contributed by atoms with Crippen LogP contribution < -0.4 is 5.32 Å². The number of rotatable bonds is 11. The molecule has 4 rings (SSSR count). The monoisotopic (exact) mass is 855 g/mol. The lowest BCUT2D eigenvalue weighted by Crippen LogP contribution is -2.59. The fourth-order valence-corrected chi connectivity index (χ4v) is 9.60. The molecule has 2 aromatic carbocycles. The van der Waals surface area contributed by atoms with Crippen LogP contribution in [0.15, 0.2) is 42.5 Å². The highest BCUT2D eigenvalue weighted by Gasteiger charge is 2.49. The molecule has 2 fully saturated rings. The van der Waals surface area contributed by atoms with E-state index in [0.717, 1.165) is 16.3 Å². The minimum atomic E-state index is -1.91. The van der Waals surface area contributed by atoms with Gasteiger partial charge in [0.15, 0.2) is 6.29 Å². The Hall–Kier alpha value is -3.39. The highest BCUT2D eigenvalue weighted by atomic mass is 16.7. The summed E-state index contributed by atoms with van der Waals surface area (Å²) in [5, 5.41) is 73.7. The number of fused-ring (bicyclic) bond motifs is 1. The van der Waals surface area contributed by atoms with Crippen LogP contribution in [0.3, 0.4) is 0 Å². The molecule has 0 bridgehead atoms. The number of carbonyl (C=O) groups excluding carboxylic acids is 2. The Morgan fingerprint density at radius 2 is 1.70 bits per heavy atom. The van der Waals surface area contributed by atoms with E-state index < -0.39 is 71.9 Å². The number of hydrogen-bond acceptors (Lipinski definition) is 12. The summed E-state index contributed by atoms with van der Waals surface area (Å²) < 4.78 is 18.4. The second-order valence-corrected chi connectivity index (χ2v) is 18.6. The second kappa shape index (κ2) is 21.8. The summed E-state index contributed by atoms with van der Waals surface area (Å²) in [5.74, 6) is -3.16. The molecular formula is C47H74N4O10. The zero-order valence-corrected chi connectivity index (χ0v) is 38.0. The van der Waals surface area contributed by atoms with Crippen molar-refractivity contribution in [1.29, 1.82) is 5.26 Å². The third-order valence-electron chi connectivity index (χ3n) is 13.2. The molecule has 0 saturated carbocycles. The van der Waals surface area contributed by atoms with Gasteiger partial charge >= 0.3 is 12.0 Å². The fourth-order valence-electron chi connectivity index (χ4n) is 9.60. The quantitative estimate of drug-likeness (QED) is 0.160. The maximum Gasteiger partial charge on any atom is 0.317 e. The minimum Gasteiger partial charge on any atom is -0.459 e. The van der Waals surface area contributed by atoms with Crippen LogP contribution in [0.2, 0.25) is 0 Å². The Bertz CT molecular complexity index is 1760. The van der Waals surface area contributed by atoms with Crippen LogP contribution in [0, 0.1) is 35.0 Å². The Balaban J connectivity index is 1.62. The van der Waals surface area contributed by atoms with Gasteiger partial charge in [0.05, 0.1) is 48.4 Å². The number of nitriles is 1. The molecule has 2 heterocycles. The highest BCUT2D eigenvalue weighted by molar-refractivity contribution is 5.86. The maximum absolute atomic E-state index is 13.8. The topological polar surface area (TPSA) is 205 Å². The Morgan fingerprint density at radius 3 is 2.38 bits per heavy atom. The van der Waals surface area contributed by atoms with E-state index in [9.17, 15) is 40.4 Å². The zero-order chi connectivity index (χ0) is 45.4. The molecule has 2 aromatic rings. The van der Waals surface area contributed by atoms with Crippen molar-refractivity contribution in [3.05, 3.63) is 48.0 Å². The normalized spacial score (nSPS) is 36.5. The third-order valence-corrected chi connectivity index (χ3v) is 13.2. The predicted octanol–water partition coefficient (Wildman–Crippen LogP) is 5.28. The molecule has 14 heteroatoms. The average Bonchev–Trinajstić information content (AvgIpc) is 3.21. The lowest BCUT2D eigenvalue weighted by molar-refractivity contribution is -0.298. The second-order valence-electron chi connectivity index (χ2n) is 18.6. The molecule has 0 spiro atoms. The minimum absolute atomic E-state index is 0.136. The van der Waals surface area contributed by atoms with Crippen LogP contribution in [-0.4, -0.2) is 134 Å². The first-order valence-electron chi connectivity index (χ1n) is 22.3. The SMILES string of the molecule is CC[C@H]1OC(=O)[C@H](C)[C@@H](O)[C@H](C)[C@@H](O[C@H]2O[C@@H](C)C[C@@H](C)[C@@H]2O)[C@](C)(O)C[C@@H](C)CN(CCCN(CCC#N)C(=O)NC(C)c2cccc3ccccc23)[C@H](C)[C@@H](O)[C@]1(C)O. The number of nitrogens with zero attached hydrogens (tertiary/aromatic N) is 3. The smallest absolute Gasteiger partial charge is 0.317 e. The Labute approximate surface area is 363 Å². The van der Waals surface area contributed by atoms with Gasteiger partial charge in [0.25, 0.3) is 0 Å². The van der Waals surface area contributed by atoms with Crippen LogP contribution in [0.1, 0.15) is 113 Å². The molecule has 1 unspecified atom stereocenters. The maximum atomic E-state index is 13.8. The average molecular weight is 855 g/mol. The van der Waals surface area contributed by atoms with E-state index in [2.05, 4.69) is 11.4 Å². The van der Waals surface area contributed by atoms with E-state index >= 15 is 0 Å². The first-order chi connectivity index (χ1) is 28.6. The van der Waals surface area contributed by atoms with Crippen molar-refractivity contribution in [2.24, 2.45) is 23.7 Å². The van der Waals surface area contributed by atoms with E-state index in [-0.39, 0.29) is 62.4 Å². The zero-order valence-electron chi connectivity index (χ0n) is 38.0. The molecule has 0 aromatic heterocycles. The predicted molar refractivity (Wildman–Crippen MR) is 233 cm³/mol. The number of urea groups is 1. The van der Waals surface area contributed by atoms with E-state index in [0.29, 0.717) is 25.9 Å². The first kappa shape index (κ1) is 50.3. The van der Waals surface area contributed by atoms with Gasteiger partial charge in [0.2, 0.25) is 0 Å². The number of cyclic esters (lactones) is 1. The molecule has 2 amide bonds. The summed E-state index contributed by atoms with van der Waals surface area (Å²) in [4.78, 5) is 31.1. The van der Waals surface area contributed by atoms with Crippen LogP contribution in [0.4, 0.5) is 4.79 Å². The third kappa shape index (κ3) is 12.4. The summed E-state index contributed by atoms with van der Waals surface area (Å²) in [6, 6.07) is 14.8. The lowest BCUT2D eigenvalue weighted by Gasteiger charge is -2.45. The number of hydrogen-bond donors (Lipinski definition) is 6. The molecule has 15 atom stereocenters. The molecule has 342 valence electrons. The molecule has 2 aliphatic heterocycles. The number of carbonyl (C=O) groups is 2. The number of nitrogens with one attached hydrogen (secondary N) is 1. The van der Waals surface area contributed by atoms with E-state index in [1.807, 2.05) is 75.1 Å². The molecule has 6 N–H and O–H groups in total. The Kier molecular flexibility index (Phi) is 18.0. The van der Waals surface area contributed by atoms with Gasteiger partial charge in [-0.2, -0.15) is 5.26 Å². The van der Waals surface area contributed by atoms with E-state index in [4.69, 9.17) is 14.2 Å². The molecule has 0 radical (unpaired) electrons. The first-order valence-corrected chi connectivity index (χ1v) is 22.3. The van der Waals surface area contributed by atoms with Gasteiger partial charge in [0.1, 0.15) is 23.9 Å². The van der Waals surface area contributed by atoms with Gasteiger partial charge in [0, 0.05) is 38.1 Å². The summed E-state index contributed by atoms with van der Waals surface area (Å²) >= 11 is 0. The van der Waals surface area contributed by atoms with Gasteiger partial charge in [-0.15, -0.1) is 0 Å². The summed E-state index contributed by atoms with van der Waals surface area (Å²) in [7, 11) is 0. The Morgan fingerprint density at radius 1 is 1.03 bits per heavy atom. The van der Waals surface area contributed by atoms with Gasteiger partial charge in [-0.1, -0.05) is 70.2 Å². The lowest BCUT2D eigenvalue weighted by atomic mass is 9.78. The summed E-state index contributed by atoms with van der Waals surface area (Å²) in [6.07, 6.45) is -5.80. The number of benzene rings is 2. The van der Waals surface area contributed by atoms with Crippen molar-refractivity contribution in [2.75, 3.05) is 26.2 Å². The van der Waals surface area contributed by atoms with Gasteiger partial charge in [-0.3, -0.25) is 9.69 Å². The summed E-state index contributed by atoms with van der Waals surface area (Å²) in [6.45, 7) is 18.6. The van der Waals surface area contributed by atoms with Crippen LogP contribution >= 0.6 is 0 Å². The van der Waals surface area contributed by atoms with Gasteiger partial charge in [-0.05, 0) is 95.4 Å². The number of aliphatic hydroxyl groups excluding tert-OH is 3. The number of esters is 1. The van der Waals surface area contributed by atoms with Crippen molar-refractivity contribution in [3.63, 3.8) is 0 Å². The van der Waals surface area contributed by atoms with Crippen molar-refractivity contribution < 1.29 is 49.3 Å². The molecule has 0 aliphatic carbocycles. The summed E-state index contributed by atoms with van der Waals surface area (Å²) in [5.41, 5.74) is -2.55. The van der Waals surface area contributed by atoms with Gasteiger partial charge in [-0.25, -0.2) is 4.79 Å². The van der Waals surface area contributed by atoms with Crippen molar-refractivity contribution >= 4 is 22.8 Å². The molecule has 2 aliphatic rings. The van der Waals surface area contributed by atoms with Gasteiger partial charge < -0.3 is 50.0 Å². The number of amides is 2. The van der Waals surface area contributed by atoms with Crippen LogP contribution in [0.25, 0.3) is 10.8 Å². The molecular weight excluding hydrogens is 781 g/mol.